The topological polar surface area (TPSA) is 141 Å². The average molecular weight is 864 g/mol. The molecule has 0 aliphatic carbocycles. The van der Waals surface area contributed by atoms with E-state index in [0.29, 0.717) is 16.6 Å². The SMILES string of the molecule is O.O=C(O)C[N-]Cc1cc(N(CO)S(=O)(=O)c2ccc(-c3ccccc3)cc2)c2ccsc2c1.[Ta].[W]. The molecule has 0 saturated carbocycles. The van der Waals surface area contributed by atoms with Crippen molar-refractivity contribution in [1.82, 2.24) is 0 Å². The van der Waals surface area contributed by atoms with E-state index in [1.54, 1.807) is 24.3 Å². The Kier molecular flexibility index (Phi) is 12.7. The number of aliphatic hydroxyl groups is 1. The Balaban J connectivity index is 0.00000216. The molecule has 36 heavy (non-hydrogen) atoms. The van der Waals surface area contributed by atoms with Gasteiger partial charge in [0, 0.05) is 53.5 Å². The Morgan fingerprint density at radius 2 is 1.61 bits per heavy atom. The molecule has 0 amide bonds. The van der Waals surface area contributed by atoms with Crippen LogP contribution in [-0.2, 0) is 64.8 Å². The number of carboxylic acid groups (broad SMARTS) is 1. The predicted molar refractivity (Wildman–Crippen MR) is 134 cm³/mol. The molecule has 4 aromatic rings. The Bertz CT molecular complexity index is 1380. The molecule has 0 fully saturated rings. The molecule has 0 unspecified atom stereocenters. The van der Waals surface area contributed by atoms with Crippen molar-refractivity contribution < 1.29 is 72.3 Å². The number of aliphatic carboxylic acids is 1. The second-order valence-corrected chi connectivity index (χ2v) is 10.1. The largest absolute Gasteiger partial charge is 0.649 e. The molecule has 12 heteroatoms. The van der Waals surface area contributed by atoms with Gasteiger partial charge in [-0.1, -0.05) is 48.0 Å². The molecule has 0 atom stereocenters. The van der Waals surface area contributed by atoms with Gasteiger partial charge >= 0.3 is 0 Å². The normalized spacial score (nSPS) is 10.6. The van der Waals surface area contributed by atoms with E-state index in [1.807, 2.05) is 41.8 Å². The van der Waals surface area contributed by atoms with Gasteiger partial charge in [-0.3, -0.25) is 4.79 Å². The van der Waals surface area contributed by atoms with Gasteiger partial charge in [-0.05, 0) is 53.4 Å². The van der Waals surface area contributed by atoms with Gasteiger partial charge < -0.3 is 21.0 Å². The van der Waals surface area contributed by atoms with Crippen molar-refractivity contribution >= 4 is 43.1 Å². The van der Waals surface area contributed by atoms with E-state index >= 15 is 0 Å². The first-order valence-electron chi connectivity index (χ1n) is 10.0. The van der Waals surface area contributed by atoms with Crippen molar-refractivity contribution in [3.63, 3.8) is 0 Å². The number of benzene rings is 3. The number of anilines is 1. The maximum atomic E-state index is 13.5. The maximum Gasteiger partial charge on any atom is 0.282 e. The van der Waals surface area contributed by atoms with Crippen molar-refractivity contribution in [1.29, 1.82) is 0 Å². The van der Waals surface area contributed by atoms with E-state index in [0.717, 1.165) is 20.1 Å². The summed E-state index contributed by atoms with van der Waals surface area (Å²) in [5, 5.41) is 25.4. The smallest absolute Gasteiger partial charge is 0.282 e. The zero-order valence-corrected chi connectivity index (χ0v) is 26.6. The van der Waals surface area contributed by atoms with Gasteiger partial charge in [0.15, 0.2) is 0 Å². The minimum atomic E-state index is -4.06. The molecular formula is C24H23N2O6S2TaW-. The van der Waals surface area contributed by atoms with Crippen LogP contribution in [0.3, 0.4) is 0 Å². The van der Waals surface area contributed by atoms with E-state index in [2.05, 4.69) is 5.32 Å². The summed E-state index contributed by atoms with van der Waals surface area (Å²) < 4.78 is 28.7. The molecular weight excluding hydrogens is 841 g/mol. The number of aliphatic hydroxyl groups excluding tert-OH is 1. The van der Waals surface area contributed by atoms with E-state index in [-0.39, 0.29) is 66.9 Å². The van der Waals surface area contributed by atoms with Crippen LogP contribution in [0.1, 0.15) is 5.56 Å². The number of hydrogen-bond acceptors (Lipinski definition) is 5. The predicted octanol–water partition coefficient (Wildman–Crippen LogP) is 3.84. The van der Waals surface area contributed by atoms with Gasteiger partial charge in [0.1, 0.15) is 6.73 Å². The molecule has 1 radical (unpaired) electrons. The molecule has 4 rings (SSSR count). The molecule has 0 aliphatic heterocycles. The van der Waals surface area contributed by atoms with Crippen molar-refractivity contribution in [2.75, 3.05) is 17.6 Å². The number of fused-ring (bicyclic) bond motifs is 1. The Hall–Kier alpha value is -1.85. The van der Waals surface area contributed by atoms with Crippen LogP contribution in [0, 0.1) is 0 Å². The third-order valence-corrected chi connectivity index (χ3v) is 7.72. The molecule has 0 spiro atoms. The molecule has 8 nitrogen and oxygen atoms in total. The minimum Gasteiger partial charge on any atom is -0.649 e. The van der Waals surface area contributed by atoms with Crippen LogP contribution < -0.4 is 4.31 Å². The monoisotopic (exact) mass is 864 g/mol. The summed E-state index contributed by atoms with van der Waals surface area (Å²) in [6, 6.07) is 21.4. The fraction of sp³-hybridized carbons (Fsp3) is 0.125. The van der Waals surface area contributed by atoms with Gasteiger partial charge in [0.25, 0.3) is 16.0 Å². The number of sulfonamides is 1. The van der Waals surface area contributed by atoms with E-state index < -0.39 is 22.7 Å². The number of rotatable bonds is 9. The summed E-state index contributed by atoms with van der Waals surface area (Å²) >= 11 is 1.43. The third-order valence-electron chi connectivity index (χ3n) is 5.10. The van der Waals surface area contributed by atoms with Crippen LogP contribution in [0.5, 0.6) is 0 Å². The van der Waals surface area contributed by atoms with Gasteiger partial charge in [0.2, 0.25) is 0 Å². The van der Waals surface area contributed by atoms with Crippen molar-refractivity contribution in [3.05, 3.63) is 89.1 Å². The summed E-state index contributed by atoms with van der Waals surface area (Å²) in [5.74, 6) is -1.04. The zero-order valence-electron chi connectivity index (χ0n) is 18.8. The fourth-order valence-corrected chi connectivity index (χ4v) is 5.71. The molecule has 1 aromatic heterocycles. The first kappa shape index (κ1) is 32.2. The van der Waals surface area contributed by atoms with Gasteiger partial charge in [-0.2, -0.15) is 0 Å². The summed E-state index contributed by atoms with van der Waals surface area (Å²) in [7, 11) is -4.06. The summed E-state index contributed by atoms with van der Waals surface area (Å²) in [5.41, 5.74) is 2.84. The van der Waals surface area contributed by atoms with Crippen LogP contribution in [0.4, 0.5) is 5.69 Å². The number of carboxylic acids is 1. The van der Waals surface area contributed by atoms with E-state index in [9.17, 15) is 18.3 Å². The molecule has 0 saturated heterocycles. The number of carbonyl (C=O) groups is 1. The van der Waals surface area contributed by atoms with Gasteiger partial charge in [0.05, 0.1) is 10.6 Å². The standard InChI is InChI=1S/C24H21N2O5S2.H2O.Ta.W/c27-16-26(22-12-17(14-25-15-24(28)29)13-23-21(22)10-11-32-23)33(30,31)20-8-6-19(7-9-20)18-4-2-1-3-5-18;;;/h1-13,27H,14-16H2,(H,28,29);1H2;;/q-1;;;. The minimum absolute atomic E-state index is 0. The summed E-state index contributed by atoms with van der Waals surface area (Å²) in [6.07, 6.45) is 0. The van der Waals surface area contributed by atoms with Gasteiger partial charge in [-0.15, -0.1) is 17.9 Å². The Labute approximate surface area is 243 Å². The van der Waals surface area contributed by atoms with Gasteiger partial charge in [-0.25, -0.2) is 12.7 Å². The van der Waals surface area contributed by atoms with Crippen LogP contribution in [0.15, 0.2) is 83.1 Å². The summed E-state index contributed by atoms with van der Waals surface area (Å²) in [6.45, 7) is -0.963. The number of nitrogens with zero attached hydrogens (tertiary/aromatic N) is 2. The maximum absolute atomic E-state index is 13.5. The quantitative estimate of drug-likeness (QED) is 0.247. The molecule has 189 valence electrons. The second-order valence-electron chi connectivity index (χ2n) is 7.27. The van der Waals surface area contributed by atoms with Crippen LogP contribution in [0.2, 0.25) is 0 Å². The zero-order chi connectivity index (χ0) is 23.4. The number of thiophene rings is 1. The second kappa shape index (κ2) is 14.2. The molecule has 3 aromatic carbocycles. The number of hydrogen-bond donors (Lipinski definition) is 2. The summed E-state index contributed by atoms with van der Waals surface area (Å²) in [4.78, 5) is 10.8. The molecule has 0 aliphatic rings. The first-order chi connectivity index (χ1) is 15.9. The average Bonchev–Trinajstić information content (AvgIpc) is 3.29. The first-order valence-corrected chi connectivity index (χ1v) is 12.4. The van der Waals surface area contributed by atoms with E-state index in [1.165, 1.54) is 23.5 Å². The van der Waals surface area contributed by atoms with Crippen molar-refractivity contribution in [2.24, 2.45) is 0 Å². The van der Waals surface area contributed by atoms with Crippen LogP contribution >= 0.6 is 11.3 Å². The third kappa shape index (κ3) is 7.13. The fourth-order valence-electron chi connectivity index (χ4n) is 3.54. The Morgan fingerprint density at radius 1 is 0.972 bits per heavy atom. The van der Waals surface area contributed by atoms with Crippen molar-refractivity contribution in [2.45, 2.75) is 11.4 Å². The molecule has 1 heterocycles. The Morgan fingerprint density at radius 3 is 2.22 bits per heavy atom. The van der Waals surface area contributed by atoms with E-state index in [4.69, 9.17) is 5.11 Å². The molecule has 0 bridgehead atoms. The van der Waals surface area contributed by atoms with Crippen LogP contribution in [0.25, 0.3) is 26.5 Å². The molecule has 4 N–H and O–H groups in total. The van der Waals surface area contributed by atoms with Crippen molar-refractivity contribution in [3.8, 4) is 11.1 Å². The van der Waals surface area contributed by atoms with Crippen LogP contribution in [-0.4, -0.2) is 43.4 Å².